The van der Waals surface area contributed by atoms with Crippen LogP contribution in [0.5, 0.6) is 0 Å². The quantitative estimate of drug-likeness (QED) is 0.666. The van der Waals surface area contributed by atoms with Crippen LogP contribution in [0.3, 0.4) is 0 Å². The molecule has 0 radical (unpaired) electrons. The predicted octanol–water partition coefficient (Wildman–Crippen LogP) is 2.66. The maximum absolute atomic E-state index is 5.27. The van der Waals surface area contributed by atoms with E-state index in [1.54, 1.807) is 12.5 Å². The third-order valence-corrected chi connectivity index (χ3v) is 2.22. The van der Waals surface area contributed by atoms with E-state index in [0.717, 1.165) is 23.0 Å². The average Bonchev–Trinajstić information content (AvgIpc) is 3.02. The van der Waals surface area contributed by atoms with E-state index in [1.165, 1.54) is 0 Å². The molecular formula is C11H9N3O. The van der Waals surface area contributed by atoms with Crippen LogP contribution in [-0.4, -0.2) is 15.0 Å². The molecule has 3 aromatic rings. The van der Waals surface area contributed by atoms with Gasteiger partial charge in [0.1, 0.15) is 5.69 Å². The summed E-state index contributed by atoms with van der Waals surface area (Å²) in [6.45, 7) is 0. The maximum Gasteiger partial charge on any atom is 0.154 e. The Morgan fingerprint density at radius 2 is 2.13 bits per heavy atom. The van der Waals surface area contributed by atoms with Crippen molar-refractivity contribution in [2.75, 3.05) is 0 Å². The van der Waals surface area contributed by atoms with E-state index >= 15 is 0 Å². The summed E-state index contributed by atoms with van der Waals surface area (Å²) in [4.78, 5) is 10.5. The Kier molecular flexibility index (Phi) is 1.71. The van der Waals surface area contributed by atoms with Crippen molar-refractivity contribution in [1.29, 1.82) is 0 Å². The first-order chi connectivity index (χ1) is 7.43. The summed E-state index contributed by atoms with van der Waals surface area (Å²) in [5.41, 5.74) is 1.84. The highest BCUT2D eigenvalue weighted by atomic mass is 16.3. The van der Waals surface area contributed by atoms with Crippen molar-refractivity contribution in [3.8, 4) is 23.0 Å². The number of rotatable bonds is 2. The predicted molar refractivity (Wildman–Crippen MR) is 56.1 cm³/mol. The van der Waals surface area contributed by atoms with Gasteiger partial charge in [0.2, 0.25) is 0 Å². The Hall–Kier alpha value is -2.23. The molecule has 15 heavy (non-hydrogen) atoms. The Labute approximate surface area is 86.0 Å². The lowest BCUT2D eigenvalue weighted by molar-refractivity contribution is 0.580. The minimum Gasteiger partial charge on any atom is -0.463 e. The molecule has 3 rings (SSSR count). The van der Waals surface area contributed by atoms with Crippen molar-refractivity contribution >= 4 is 0 Å². The molecule has 0 bridgehead atoms. The second-order valence-electron chi connectivity index (χ2n) is 3.21. The summed E-state index contributed by atoms with van der Waals surface area (Å²) in [6.07, 6.45) is 5.27. The number of aromatic amines is 2. The third-order valence-electron chi connectivity index (χ3n) is 2.22. The van der Waals surface area contributed by atoms with Gasteiger partial charge >= 0.3 is 0 Å². The monoisotopic (exact) mass is 199 g/mol. The lowest BCUT2D eigenvalue weighted by Gasteiger charge is -1.90. The number of H-pyrrole nitrogens is 2. The molecule has 0 saturated heterocycles. The minimum absolute atomic E-state index is 0.792. The van der Waals surface area contributed by atoms with E-state index < -0.39 is 0 Å². The van der Waals surface area contributed by atoms with Gasteiger partial charge < -0.3 is 14.4 Å². The first-order valence-electron chi connectivity index (χ1n) is 4.66. The zero-order chi connectivity index (χ0) is 10.1. The van der Waals surface area contributed by atoms with Gasteiger partial charge in [-0.05, 0) is 24.3 Å². The first kappa shape index (κ1) is 8.11. The minimum atomic E-state index is 0.792. The van der Waals surface area contributed by atoms with E-state index in [4.69, 9.17) is 4.42 Å². The summed E-state index contributed by atoms with van der Waals surface area (Å²) in [6, 6.07) is 7.64. The molecule has 4 nitrogen and oxygen atoms in total. The highest BCUT2D eigenvalue weighted by Crippen LogP contribution is 2.20. The smallest absolute Gasteiger partial charge is 0.154 e. The average molecular weight is 199 g/mol. The number of furan rings is 1. The molecule has 0 atom stereocenters. The van der Waals surface area contributed by atoms with Crippen LogP contribution >= 0.6 is 0 Å². The van der Waals surface area contributed by atoms with Crippen LogP contribution in [-0.2, 0) is 0 Å². The molecular weight excluding hydrogens is 190 g/mol. The van der Waals surface area contributed by atoms with E-state index in [1.807, 2.05) is 30.5 Å². The number of imidazole rings is 1. The Balaban J connectivity index is 2.02. The third kappa shape index (κ3) is 1.36. The van der Waals surface area contributed by atoms with Crippen LogP contribution in [0.25, 0.3) is 23.0 Å². The number of hydrogen-bond acceptors (Lipinski definition) is 2. The summed E-state index contributed by atoms with van der Waals surface area (Å²) >= 11 is 0. The molecule has 74 valence electrons. The van der Waals surface area contributed by atoms with E-state index in [-0.39, 0.29) is 0 Å². The van der Waals surface area contributed by atoms with Gasteiger partial charge in [-0.1, -0.05) is 0 Å². The Bertz CT molecular complexity index is 485. The highest BCUT2D eigenvalue weighted by molar-refractivity contribution is 5.58. The largest absolute Gasteiger partial charge is 0.463 e. The standard InChI is InChI=1S/C11H9N3O/c1-3-8(12-5-1)11-13-7-9(14-11)10-4-2-6-15-10/h1-7,12H,(H,13,14). The molecule has 4 heteroatoms. The number of aromatic nitrogens is 3. The first-order valence-corrected chi connectivity index (χ1v) is 4.66. The van der Waals surface area contributed by atoms with Crippen LogP contribution in [0.2, 0.25) is 0 Å². The SMILES string of the molecule is c1c[nH]c(-c2ncc(-c3ccco3)[nH]2)c1. The molecule has 3 aromatic heterocycles. The zero-order valence-electron chi connectivity index (χ0n) is 7.90. The second-order valence-corrected chi connectivity index (χ2v) is 3.21. The van der Waals surface area contributed by atoms with Crippen molar-refractivity contribution in [1.82, 2.24) is 15.0 Å². The molecule has 0 amide bonds. The van der Waals surface area contributed by atoms with Gasteiger partial charge in [-0.3, -0.25) is 0 Å². The van der Waals surface area contributed by atoms with Crippen LogP contribution < -0.4 is 0 Å². The van der Waals surface area contributed by atoms with Crippen LogP contribution in [0.1, 0.15) is 0 Å². The zero-order valence-corrected chi connectivity index (χ0v) is 7.90. The maximum atomic E-state index is 5.27. The molecule has 0 aliphatic heterocycles. The second kappa shape index (κ2) is 3.16. The van der Waals surface area contributed by atoms with Crippen LogP contribution in [0.15, 0.2) is 47.3 Å². The lowest BCUT2D eigenvalue weighted by atomic mass is 10.3. The summed E-state index contributed by atoms with van der Waals surface area (Å²) < 4.78 is 5.27. The topological polar surface area (TPSA) is 57.6 Å². The lowest BCUT2D eigenvalue weighted by Crippen LogP contribution is -1.79. The van der Waals surface area contributed by atoms with Gasteiger partial charge in [-0.25, -0.2) is 4.98 Å². The number of hydrogen-bond donors (Lipinski definition) is 2. The fourth-order valence-corrected chi connectivity index (χ4v) is 1.49. The fraction of sp³-hybridized carbons (Fsp3) is 0. The van der Waals surface area contributed by atoms with Crippen LogP contribution in [0, 0.1) is 0 Å². The molecule has 0 fully saturated rings. The van der Waals surface area contributed by atoms with Gasteiger partial charge in [0.15, 0.2) is 11.6 Å². The van der Waals surface area contributed by atoms with Gasteiger partial charge in [0.25, 0.3) is 0 Å². The highest BCUT2D eigenvalue weighted by Gasteiger charge is 2.06. The Morgan fingerprint density at radius 1 is 1.13 bits per heavy atom. The summed E-state index contributed by atoms with van der Waals surface area (Å²) in [5.74, 6) is 1.60. The van der Waals surface area contributed by atoms with Gasteiger partial charge in [-0.15, -0.1) is 0 Å². The fourth-order valence-electron chi connectivity index (χ4n) is 1.49. The normalized spacial score (nSPS) is 10.7. The Morgan fingerprint density at radius 3 is 2.87 bits per heavy atom. The van der Waals surface area contributed by atoms with Gasteiger partial charge in [0.05, 0.1) is 18.2 Å². The van der Waals surface area contributed by atoms with Crippen molar-refractivity contribution in [3.63, 3.8) is 0 Å². The molecule has 0 aliphatic rings. The molecule has 3 heterocycles. The number of nitrogens with zero attached hydrogens (tertiary/aromatic N) is 1. The molecule has 0 aromatic carbocycles. The summed E-state index contributed by atoms with van der Waals surface area (Å²) in [5, 5.41) is 0. The molecule has 2 N–H and O–H groups in total. The van der Waals surface area contributed by atoms with Gasteiger partial charge in [0, 0.05) is 6.20 Å². The van der Waals surface area contributed by atoms with Gasteiger partial charge in [-0.2, -0.15) is 0 Å². The van der Waals surface area contributed by atoms with Crippen LogP contribution in [0.4, 0.5) is 0 Å². The molecule has 0 spiro atoms. The van der Waals surface area contributed by atoms with Crippen molar-refractivity contribution < 1.29 is 4.42 Å². The van der Waals surface area contributed by atoms with E-state index in [2.05, 4.69) is 15.0 Å². The number of nitrogens with one attached hydrogen (secondary N) is 2. The summed E-state index contributed by atoms with van der Waals surface area (Å²) in [7, 11) is 0. The van der Waals surface area contributed by atoms with Crippen molar-refractivity contribution in [3.05, 3.63) is 42.9 Å². The van der Waals surface area contributed by atoms with Crippen molar-refractivity contribution in [2.24, 2.45) is 0 Å². The van der Waals surface area contributed by atoms with E-state index in [0.29, 0.717) is 0 Å². The molecule has 0 saturated carbocycles. The molecule has 0 unspecified atom stereocenters. The van der Waals surface area contributed by atoms with Crippen molar-refractivity contribution in [2.45, 2.75) is 0 Å². The van der Waals surface area contributed by atoms with E-state index in [9.17, 15) is 0 Å². The molecule has 0 aliphatic carbocycles.